The van der Waals surface area contributed by atoms with E-state index in [2.05, 4.69) is 13.0 Å². The summed E-state index contributed by atoms with van der Waals surface area (Å²) in [6, 6.07) is 15.0. The first kappa shape index (κ1) is 28.9. The number of benzene rings is 3. The first-order valence-electron chi connectivity index (χ1n) is 14.3. The molecule has 1 saturated heterocycles. The second kappa shape index (κ2) is 14.4. The van der Waals surface area contributed by atoms with Gasteiger partial charge in [-0.15, -0.1) is 0 Å². The first-order chi connectivity index (χ1) is 19.0. The molecule has 0 radical (unpaired) electrons. The molecule has 0 aromatic heterocycles. The molecule has 2 unspecified atom stereocenters. The van der Waals surface area contributed by atoms with Gasteiger partial charge in [0.15, 0.2) is 11.6 Å². The summed E-state index contributed by atoms with van der Waals surface area (Å²) in [5.74, 6) is -1.90. The molecule has 4 rings (SSSR count). The minimum Gasteiger partial charge on any atom is -0.490 e. The Morgan fingerprint density at radius 3 is 2.18 bits per heavy atom. The van der Waals surface area contributed by atoms with Gasteiger partial charge < -0.3 is 9.47 Å². The Balaban J connectivity index is 1.39. The fourth-order valence-corrected chi connectivity index (χ4v) is 5.18. The lowest BCUT2D eigenvalue weighted by atomic mass is 9.93. The average Bonchev–Trinajstić information content (AvgIpc) is 2.95. The fourth-order valence-electron chi connectivity index (χ4n) is 5.18. The van der Waals surface area contributed by atoms with Crippen molar-refractivity contribution in [3.05, 3.63) is 89.8 Å². The maximum absolute atomic E-state index is 15.1. The number of halogens is 3. The summed E-state index contributed by atoms with van der Waals surface area (Å²) in [5.41, 5.74) is 2.62. The Bertz CT molecular complexity index is 1230. The second-order valence-electron chi connectivity index (χ2n) is 10.4. The maximum atomic E-state index is 15.1. The van der Waals surface area contributed by atoms with E-state index in [1.807, 2.05) is 19.1 Å². The highest BCUT2D eigenvalue weighted by Gasteiger charge is 2.22. The molecular weight excluding hydrogens is 497 g/mol. The van der Waals surface area contributed by atoms with E-state index in [0.29, 0.717) is 35.8 Å². The highest BCUT2D eigenvalue weighted by atomic mass is 19.2. The lowest BCUT2D eigenvalue weighted by molar-refractivity contribution is -0.00538. The quantitative estimate of drug-likeness (QED) is 0.169. The monoisotopic (exact) mass is 536 g/mol. The smallest absolute Gasteiger partial charge is 0.201 e. The summed E-state index contributed by atoms with van der Waals surface area (Å²) in [4.78, 5) is 0. The molecule has 0 saturated carbocycles. The van der Waals surface area contributed by atoms with Crippen LogP contribution < -0.4 is 4.74 Å². The van der Waals surface area contributed by atoms with Crippen LogP contribution in [-0.2, 0) is 4.74 Å². The van der Waals surface area contributed by atoms with Crippen LogP contribution in [0.2, 0.25) is 0 Å². The molecule has 39 heavy (non-hydrogen) atoms. The number of hydrogen-bond acceptors (Lipinski definition) is 2. The van der Waals surface area contributed by atoms with Crippen LogP contribution >= 0.6 is 0 Å². The Morgan fingerprint density at radius 1 is 0.821 bits per heavy atom. The molecular formula is C34H39F3O2. The molecule has 1 aliphatic rings. The van der Waals surface area contributed by atoms with Gasteiger partial charge in [-0.2, -0.15) is 4.39 Å². The number of allylic oxidation sites excluding steroid dienone is 1. The Hall–Kier alpha value is -3.05. The van der Waals surface area contributed by atoms with Crippen LogP contribution in [-0.4, -0.2) is 13.2 Å². The first-order valence-corrected chi connectivity index (χ1v) is 14.3. The molecule has 2 nitrogen and oxygen atoms in total. The van der Waals surface area contributed by atoms with E-state index in [1.165, 1.54) is 31.4 Å². The molecule has 3 aromatic rings. The molecule has 2 atom stereocenters. The highest BCUT2D eigenvalue weighted by Crippen LogP contribution is 2.35. The molecule has 1 aliphatic heterocycles. The molecule has 0 N–H and O–H groups in total. The van der Waals surface area contributed by atoms with Crippen molar-refractivity contribution >= 4 is 0 Å². The van der Waals surface area contributed by atoms with Crippen molar-refractivity contribution in [1.29, 1.82) is 0 Å². The molecule has 0 bridgehead atoms. The van der Waals surface area contributed by atoms with Gasteiger partial charge in [0.25, 0.3) is 0 Å². The molecule has 0 amide bonds. The summed E-state index contributed by atoms with van der Waals surface area (Å²) < 4.78 is 56.2. The SMILES string of the molecule is CC=CC1CCC(c2ccc(-c3ccc(-c4ccc(OCCCCCCCC)c(F)c4F)cc3)c(F)c2)OC1. The minimum absolute atomic E-state index is 0.0668. The van der Waals surface area contributed by atoms with Crippen LogP contribution in [0.4, 0.5) is 13.2 Å². The third-order valence-electron chi connectivity index (χ3n) is 7.45. The van der Waals surface area contributed by atoms with E-state index in [9.17, 15) is 8.78 Å². The molecule has 1 heterocycles. The largest absolute Gasteiger partial charge is 0.490 e. The van der Waals surface area contributed by atoms with Gasteiger partial charge in [-0.3, -0.25) is 0 Å². The third kappa shape index (κ3) is 7.54. The highest BCUT2D eigenvalue weighted by molar-refractivity contribution is 5.71. The zero-order chi connectivity index (χ0) is 27.6. The summed E-state index contributed by atoms with van der Waals surface area (Å²) in [7, 11) is 0. The van der Waals surface area contributed by atoms with E-state index in [1.54, 1.807) is 36.4 Å². The lowest BCUT2D eigenvalue weighted by Gasteiger charge is -2.28. The number of ether oxygens (including phenoxy) is 2. The average molecular weight is 537 g/mol. The van der Waals surface area contributed by atoms with E-state index in [4.69, 9.17) is 9.47 Å². The van der Waals surface area contributed by atoms with E-state index < -0.39 is 11.6 Å². The lowest BCUT2D eigenvalue weighted by Crippen LogP contribution is -2.19. The van der Waals surface area contributed by atoms with Crippen LogP contribution in [0.3, 0.4) is 0 Å². The molecule has 0 spiro atoms. The van der Waals surface area contributed by atoms with Crippen molar-refractivity contribution in [2.75, 3.05) is 13.2 Å². The topological polar surface area (TPSA) is 18.5 Å². The maximum Gasteiger partial charge on any atom is 0.201 e. The van der Waals surface area contributed by atoms with Gasteiger partial charge in [0.05, 0.1) is 19.3 Å². The van der Waals surface area contributed by atoms with Crippen molar-refractivity contribution < 1.29 is 22.6 Å². The van der Waals surface area contributed by atoms with E-state index in [-0.39, 0.29) is 23.2 Å². The zero-order valence-corrected chi connectivity index (χ0v) is 23.0. The van der Waals surface area contributed by atoms with Crippen LogP contribution in [0.25, 0.3) is 22.3 Å². The Morgan fingerprint density at radius 2 is 1.51 bits per heavy atom. The van der Waals surface area contributed by atoms with E-state index in [0.717, 1.165) is 37.7 Å². The van der Waals surface area contributed by atoms with Gasteiger partial charge in [0.2, 0.25) is 5.82 Å². The second-order valence-corrected chi connectivity index (χ2v) is 10.4. The van der Waals surface area contributed by atoms with Gasteiger partial charge in [0, 0.05) is 17.0 Å². The predicted molar refractivity (Wildman–Crippen MR) is 152 cm³/mol. The summed E-state index contributed by atoms with van der Waals surface area (Å²) >= 11 is 0. The van der Waals surface area contributed by atoms with Crippen molar-refractivity contribution in [2.45, 2.75) is 71.3 Å². The van der Waals surface area contributed by atoms with Crippen molar-refractivity contribution in [3.8, 4) is 28.0 Å². The van der Waals surface area contributed by atoms with Gasteiger partial charge >= 0.3 is 0 Å². The van der Waals surface area contributed by atoms with Crippen molar-refractivity contribution in [1.82, 2.24) is 0 Å². The Kier molecular flexibility index (Phi) is 10.7. The van der Waals surface area contributed by atoms with E-state index >= 15 is 4.39 Å². The van der Waals surface area contributed by atoms with Crippen LogP contribution in [0.5, 0.6) is 5.75 Å². The molecule has 1 fully saturated rings. The van der Waals surface area contributed by atoms with Crippen LogP contribution in [0.15, 0.2) is 66.7 Å². The molecule has 5 heteroatoms. The van der Waals surface area contributed by atoms with Crippen LogP contribution in [0, 0.1) is 23.4 Å². The van der Waals surface area contributed by atoms with Crippen LogP contribution in [0.1, 0.15) is 76.9 Å². The standard InChI is InChI=1S/C34H39F3O2/c1-3-5-6-7-8-9-21-38-32-20-18-29(33(36)34(32)37)26-14-12-25(13-15-26)28-17-16-27(22-30(28)35)31-19-11-24(10-4-2)23-39-31/h4,10,12-18,20,22,24,31H,3,5-9,11,19,21,23H2,1-2H3. The number of rotatable bonds is 12. The third-order valence-corrected chi connectivity index (χ3v) is 7.45. The van der Waals surface area contributed by atoms with Gasteiger partial charge in [-0.1, -0.05) is 87.6 Å². The summed E-state index contributed by atoms with van der Waals surface area (Å²) in [6.07, 6.45) is 12.5. The van der Waals surface area contributed by atoms with Gasteiger partial charge in [0.1, 0.15) is 5.82 Å². The number of hydrogen-bond donors (Lipinski definition) is 0. The molecule has 3 aromatic carbocycles. The zero-order valence-electron chi connectivity index (χ0n) is 23.0. The summed E-state index contributed by atoms with van der Waals surface area (Å²) in [6.45, 7) is 5.18. The number of unbranched alkanes of at least 4 members (excludes halogenated alkanes) is 5. The normalized spacial score (nSPS) is 17.6. The summed E-state index contributed by atoms with van der Waals surface area (Å²) in [5, 5.41) is 0. The Labute approximate surface area is 230 Å². The van der Waals surface area contributed by atoms with Crippen molar-refractivity contribution in [3.63, 3.8) is 0 Å². The minimum atomic E-state index is -0.980. The fraction of sp³-hybridized carbons (Fsp3) is 0.412. The van der Waals surface area contributed by atoms with Crippen molar-refractivity contribution in [2.24, 2.45) is 5.92 Å². The molecule has 208 valence electrons. The van der Waals surface area contributed by atoms with Gasteiger partial charge in [-0.25, -0.2) is 8.78 Å². The molecule has 0 aliphatic carbocycles. The van der Waals surface area contributed by atoms with Gasteiger partial charge in [-0.05, 0) is 61.1 Å². The predicted octanol–water partition coefficient (Wildman–Crippen LogP) is 10.2.